The highest BCUT2D eigenvalue weighted by Gasteiger charge is 2.34. The molecule has 0 aliphatic carbocycles. The van der Waals surface area contributed by atoms with Crippen molar-refractivity contribution in [2.75, 3.05) is 7.11 Å². The summed E-state index contributed by atoms with van der Waals surface area (Å²) in [6.45, 7) is 0.472. The fraction of sp³-hybridized carbons (Fsp3) is 0.500. The summed E-state index contributed by atoms with van der Waals surface area (Å²) in [5.74, 6) is 1.47. The van der Waals surface area contributed by atoms with Crippen LogP contribution in [0.2, 0.25) is 0 Å². The number of carbonyl (C=O) groups is 1. The van der Waals surface area contributed by atoms with Crippen LogP contribution >= 0.6 is 0 Å². The van der Waals surface area contributed by atoms with Crippen LogP contribution in [-0.4, -0.2) is 34.9 Å². The van der Waals surface area contributed by atoms with E-state index in [2.05, 4.69) is 15.7 Å². The Hall–Kier alpha value is -2.34. The first-order chi connectivity index (χ1) is 12.7. The van der Waals surface area contributed by atoms with Gasteiger partial charge in [-0.05, 0) is 61.9 Å². The van der Waals surface area contributed by atoms with E-state index in [0.29, 0.717) is 31.0 Å². The number of nitrogens with zero attached hydrogens (tertiary/aromatic N) is 2. The lowest BCUT2D eigenvalue weighted by Crippen LogP contribution is -2.39. The van der Waals surface area contributed by atoms with Gasteiger partial charge in [-0.1, -0.05) is 0 Å². The van der Waals surface area contributed by atoms with Crippen LogP contribution in [0, 0.1) is 5.92 Å². The predicted molar refractivity (Wildman–Crippen MR) is 99.2 cm³/mol. The maximum Gasteiger partial charge on any atom is 0.220 e. The highest BCUT2D eigenvalue weighted by molar-refractivity contribution is 5.76. The Labute approximate surface area is 153 Å². The Morgan fingerprint density at radius 3 is 2.65 bits per heavy atom. The largest absolute Gasteiger partial charge is 0.497 e. The van der Waals surface area contributed by atoms with Crippen molar-refractivity contribution in [3.8, 4) is 11.4 Å². The van der Waals surface area contributed by atoms with Gasteiger partial charge in [-0.3, -0.25) is 4.79 Å². The first kappa shape index (κ1) is 17.1. The summed E-state index contributed by atoms with van der Waals surface area (Å²) in [6.07, 6.45) is 7.35. The lowest BCUT2D eigenvalue weighted by molar-refractivity contribution is -0.122. The average molecular weight is 354 g/mol. The molecule has 2 atom stereocenters. The zero-order valence-corrected chi connectivity index (χ0v) is 15.1. The molecule has 6 heteroatoms. The highest BCUT2D eigenvalue weighted by atomic mass is 16.5. The van der Waals surface area contributed by atoms with Crippen LogP contribution in [0.25, 0.3) is 5.69 Å². The molecule has 2 aromatic rings. The number of aromatic nitrogens is 2. The number of hydrogen-bond donors (Lipinski definition) is 2. The second-order valence-electron chi connectivity index (χ2n) is 7.41. The summed E-state index contributed by atoms with van der Waals surface area (Å²) in [5.41, 5.74) is 1.83. The molecule has 2 fully saturated rings. The summed E-state index contributed by atoms with van der Waals surface area (Å²) in [4.78, 5) is 12.3. The van der Waals surface area contributed by atoms with Gasteiger partial charge >= 0.3 is 0 Å². The summed E-state index contributed by atoms with van der Waals surface area (Å²) in [6, 6.07) is 10.9. The molecule has 4 rings (SSSR count). The number of benzene rings is 1. The van der Waals surface area contributed by atoms with Crippen LogP contribution in [0.3, 0.4) is 0 Å². The molecule has 0 saturated carbocycles. The lowest BCUT2D eigenvalue weighted by atomic mass is 9.89. The van der Waals surface area contributed by atoms with E-state index < -0.39 is 0 Å². The van der Waals surface area contributed by atoms with E-state index in [-0.39, 0.29) is 5.91 Å². The van der Waals surface area contributed by atoms with E-state index >= 15 is 0 Å². The fourth-order valence-electron chi connectivity index (χ4n) is 4.20. The van der Waals surface area contributed by atoms with E-state index in [0.717, 1.165) is 30.0 Å². The first-order valence-electron chi connectivity index (χ1n) is 9.41. The van der Waals surface area contributed by atoms with Gasteiger partial charge in [0, 0.05) is 24.7 Å². The maximum absolute atomic E-state index is 12.3. The van der Waals surface area contributed by atoms with Crippen LogP contribution in [0.4, 0.5) is 0 Å². The molecule has 2 aliphatic rings. The van der Waals surface area contributed by atoms with Crippen molar-refractivity contribution in [2.45, 2.75) is 50.7 Å². The Kier molecular flexibility index (Phi) is 4.93. The standard InChI is InChI=1S/C20H26N4O2/c1-26-19-6-4-18(5-7-19)24-9-8-17(23-24)13-21-20(25)12-14-10-15-2-3-16(11-14)22-15/h4-9,14-16,22H,2-3,10-13H2,1H3,(H,21,25). The topological polar surface area (TPSA) is 68.2 Å². The minimum atomic E-state index is 0.135. The summed E-state index contributed by atoms with van der Waals surface area (Å²) >= 11 is 0. The van der Waals surface area contributed by atoms with Crippen LogP contribution in [0.15, 0.2) is 36.5 Å². The Morgan fingerprint density at radius 1 is 1.23 bits per heavy atom. The molecule has 2 aliphatic heterocycles. The predicted octanol–water partition coefficient (Wildman–Crippen LogP) is 2.42. The number of amides is 1. The number of fused-ring (bicyclic) bond motifs is 2. The molecule has 138 valence electrons. The molecule has 2 saturated heterocycles. The second kappa shape index (κ2) is 7.50. The van der Waals surface area contributed by atoms with E-state index in [1.807, 2.05) is 41.2 Å². The summed E-state index contributed by atoms with van der Waals surface area (Å²) in [7, 11) is 1.65. The Morgan fingerprint density at radius 2 is 1.96 bits per heavy atom. The maximum atomic E-state index is 12.3. The highest BCUT2D eigenvalue weighted by Crippen LogP contribution is 2.32. The third-order valence-corrected chi connectivity index (χ3v) is 5.49. The van der Waals surface area contributed by atoms with Gasteiger partial charge in [0.1, 0.15) is 5.75 Å². The molecule has 2 N–H and O–H groups in total. The molecule has 1 aromatic carbocycles. The van der Waals surface area contributed by atoms with Gasteiger partial charge in [0.05, 0.1) is 25.0 Å². The minimum Gasteiger partial charge on any atom is -0.497 e. The van der Waals surface area contributed by atoms with Crippen molar-refractivity contribution in [3.05, 3.63) is 42.2 Å². The number of hydrogen-bond acceptors (Lipinski definition) is 4. The number of carbonyl (C=O) groups excluding carboxylic acids is 1. The molecule has 1 amide bonds. The van der Waals surface area contributed by atoms with Crippen molar-refractivity contribution < 1.29 is 9.53 Å². The van der Waals surface area contributed by atoms with Crippen molar-refractivity contribution in [2.24, 2.45) is 5.92 Å². The number of ether oxygens (including phenoxy) is 1. The lowest BCUT2D eigenvalue weighted by Gasteiger charge is -2.28. The van der Waals surface area contributed by atoms with Gasteiger partial charge in [0.25, 0.3) is 0 Å². The van der Waals surface area contributed by atoms with Crippen LogP contribution in [-0.2, 0) is 11.3 Å². The number of nitrogens with one attached hydrogen (secondary N) is 2. The minimum absolute atomic E-state index is 0.135. The van der Waals surface area contributed by atoms with Gasteiger partial charge in [-0.25, -0.2) is 4.68 Å². The van der Waals surface area contributed by atoms with Gasteiger partial charge < -0.3 is 15.4 Å². The average Bonchev–Trinajstić information content (AvgIpc) is 3.26. The Balaban J connectivity index is 1.28. The third-order valence-electron chi connectivity index (χ3n) is 5.49. The molecule has 1 aromatic heterocycles. The number of methoxy groups -OCH3 is 1. The van der Waals surface area contributed by atoms with E-state index in [4.69, 9.17) is 4.74 Å². The molecular weight excluding hydrogens is 328 g/mol. The summed E-state index contributed by atoms with van der Waals surface area (Å²) in [5, 5.41) is 11.2. The molecular formula is C20H26N4O2. The van der Waals surface area contributed by atoms with Crippen molar-refractivity contribution >= 4 is 5.91 Å². The zero-order valence-electron chi connectivity index (χ0n) is 15.1. The van der Waals surface area contributed by atoms with Crippen LogP contribution < -0.4 is 15.4 Å². The third kappa shape index (κ3) is 3.90. The van der Waals surface area contributed by atoms with Gasteiger partial charge in [-0.15, -0.1) is 0 Å². The Bertz CT molecular complexity index is 743. The van der Waals surface area contributed by atoms with E-state index in [9.17, 15) is 4.79 Å². The first-order valence-corrected chi connectivity index (χ1v) is 9.41. The number of piperidine rings is 1. The molecule has 0 spiro atoms. The molecule has 2 unspecified atom stereocenters. The molecule has 26 heavy (non-hydrogen) atoms. The molecule has 0 radical (unpaired) electrons. The van der Waals surface area contributed by atoms with Gasteiger partial charge in [-0.2, -0.15) is 5.10 Å². The summed E-state index contributed by atoms with van der Waals surface area (Å²) < 4.78 is 6.98. The van der Waals surface area contributed by atoms with Crippen molar-refractivity contribution in [3.63, 3.8) is 0 Å². The molecule has 3 heterocycles. The second-order valence-corrected chi connectivity index (χ2v) is 7.41. The molecule has 6 nitrogen and oxygen atoms in total. The van der Waals surface area contributed by atoms with E-state index in [1.54, 1.807) is 7.11 Å². The number of rotatable bonds is 6. The van der Waals surface area contributed by atoms with Gasteiger partial charge in [0.2, 0.25) is 5.91 Å². The fourth-order valence-corrected chi connectivity index (χ4v) is 4.20. The van der Waals surface area contributed by atoms with Crippen molar-refractivity contribution in [1.82, 2.24) is 20.4 Å². The van der Waals surface area contributed by atoms with E-state index in [1.165, 1.54) is 12.8 Å². The SMILES string of the molecule is COc1ccc(-n2ccc(CNC(=O)CC3CC4CCC(C3)N4)n2)cc1. The van der Waals surface area contributed by atoms with Gasteiger partial charge in [0.15, 0.2) is 0 Å². The molecule has 2 bridgehead atoms. The monoisotopic (exact) mass is 354 g/mol. The quantitative estimate of drug-likeness (QED) is 0.836. The normalized spacial score (nSPS) is 24.4. The van der Waals surface area contributed by atoms with Crippen LogP contribution in [0.5, 0.6) is 5.75 Å². The van der Waals surface area contributed by atoms with Crippen molar-refractivity contribution in [1.29, 1.82) is 0 Å². The zero-order chi connectivity index (χ0) is 17.9. The van der Waals surface area contributed by atoms with Crippen LogP contribution in [0.1, 0.15) is 37.8 Å². The smallest absolute Gasteiger partial charge is 0.220 e.